The molecule has 0 radical (unpaired) electrons. The second-order valence-electron chi connectivity index (χ2n) is 3.65. The molecule has 0 fully saturated rings. The first-order valence-corrected chi connectivity index (χ1v) is 7.37. The van der Waals surface area contributed by atoms with Gasteiger partial charge in [-0.1, -0.05) is 11.2 Å². The van der Waals surface area contributed by atoms with E-state index in [0.29, 0.717) is 22.5 Å². The number of thiophene rings is 1. The molecule has 3 aromatic heterocycles. The molecule has 0 aliphatic carbocycles. The maximum atomic E-state index is 11.5. The van der Waals surface area contributed by atoms with Crippen LogP contribution in [0.15, 0.2) is 51.5 Å². The Bertz CT molecular complexity index is 667. The SMILES string of the molecule is [O-][n+]1ccccc1SCc1noc(-c2cccs2)n1. The van der Waals surface area contributed by atoms with Gasteiger partial charge in [-0.25, -0.2) is 0 Å². The van der Waals surface area contributed by atoms with Gasteiger partial charge in [0.05, 0.1) is 10.6 Å². The van der Waals surface area contributed by atoms with E-state index in [1.807, 2.05) is 23.6 Å². The van der Waals surface area contributed by atoms with Crippen LogP contribution in [0.3, 0.4) is 0 Å². The van der Waals surface area contributed by atoms with Gasteiger partial charge in [0.15, 0.2) is 12.0 Å². The lowest BCUT2D eigenvalue weighted by Crippen LogP contribution is -2.27. The van der Waals surface area contributed by atoms with Gasteiger partial charge in [0.1, 0.15) is 0 Å². The number of nitrogens with zero attached hydrogens (tertiary/aromatic N) is 3. The molecule has 19 heavy (non-hydrogen) atoms. The first-order valence-electron chi connectivity index (χ1n) is 5.50. The average Bonchev–Trinajstić information content (AvgIpc) is 3.09. The minimum Gasteiger partial charge on any atom is -0.618 e. The van der Waals surface area contributed by atoms with Gasteiger partial charge >= 0.3 is 0 Å². The van der Waals surface area contributed by atoms with Crippen molar-refractivity contribution in [3.63, 3.8) is 0 Å². The zero-order valence-electron chi connectivity index (χ0n) is 9.72. The quantitative estimate of drug-likeness (QED) is 0.420. The van der Waals surface area contributed by atoms with E-state index < -0.39 is 0 Å². The summed E-state index contributed by atoms with van der Waals surface area (Å²) in [6.45, 7) is 0. The van der Waals surface area contributed by atoms with E-state index in [2.05, 4.69) is 10.1 Å². The Balaban J connectivity index is 1.70. The fourth-order valence-electron chi connectivity index (χ4n) is 1.48. The van der Waals surface area contributed by atoms with Gasteiger partial charge in [-0.05, 0) is 29.3 Å². The van der Waals surface area contributed by atoms with Crippen molar-refractivity contribution in [1.29, 1.82) is 0 Å². The largest absolute Gasteiger partial charge is 0.618 e. The third-order valence-electron chi connectivity index (χ3n) is 2.34. The second-order valence-corrected chi connectivity index (χ2v) is 5.59. The summed E-state index contributed by atoms with van der Waals surface area (Å²) in [4.78, 5) is 5.24. The minimum atomic E-state index is 0.501. The summed E-state index contributed by atoms with van der Waals surface area (Å²) >= 11 is 2.93. The topological polar surface area (TPSA) is 65.9 Å². The molecule has 7 heteroatoms. The Morgan fingerprint density at radius 2 is 2.26 bits per heavy atom. The van der Waals surface area contributed by atoms with Gasteiger partial charge in [0, 0.05) is 12.1 Å². The number of rotatable bonds is 4. The molecular formula is C12H9N3O2S2. The maximum absolute atomic E-state index is 11.5. The first-order chi connectivity index (χ1) is 9.33. The molecule has 0 N–H and O–H groups in total. The Labute approximate surface area is 117 Å². The Morgan fingerprint density at radius 3 is 3.05 bits per heavy atom. The van der Waals surface area contributed by atoms with Crippen molar-refractivity contribution in [2.75, 3.05) is 0 Å². The standard InChI is InChI=1S/C12H9N3O2S2/c16-15-6-2-1-5-11(15)19-8-10-13-12(17-14-10)9-4-3-7-18-9/h1-7H,8H2. The molecule has 0 unspecified atom stereocenters. The molecule has 0 bridgehead atoms. The molecule has 96 valence electrons. The van der Waals surface area contributed by atoms with Crippen molar-refractivity contribution in [2.45, 2.75) is 10.8 Å². The predicted octanol–water partition coefficient (Wildman–Crippen LogP) is 2.72. The number of thioether (sulfide) groups is 1. The van der Waals surface area contributed by atoms with Crippen molar-refractivity contribution in [3.05, 3.63) is 52.9 Å². The van der Waals surface area contributed by atoms with Crippen molar-refractivity contribution < 1.29 is 9.25 Å². The predicted molar refractivity (Wildman–Crippen MR) is 72.6 cm³/mol. The number of hydrogen-bond acceptors (Lipinski definition) is 6. The lowest BCUT2D eigenvalue weighted by atomic mass is 10.5. The van der Waals surface area contributed by atoms with Crippen molar-refractivity contribution in [1.82, 2.24) is 10.1 Å². The molecule has 0 saturated carbocycles. The minimum absolute atomic E-state index is 0.501. The van der Waals surface area contributed by atoms with Crippen LogP contribution in [0.5, 0.6) is 0 Å². The second kappa shape index (κ2) is 5.41. The molecule has 5 nitrogen and oxygen atoms in total. The highest BCUT2D eigenvalue weighted by Gasteiger charge is 2.12. The molecule has 3 heterocycles. The van der Waals surface area contributed by atoms with Crippen molar-refractivity contribution in [3.8, 4) is 10.8 Å². The molecule has 0 aromatic carbocycles. The highest BCUT2D eigenvalue weighted by Crippen LogP contribution is 2.24. The fraction of sp³-hybridized carbons (Fsp3) is 0.0833. The zero-order valence-corrected chi connectivity index (χ0v) is 11.4. The average molecular weight is 291 g/mol. The molecular weight excluding hydrogens is 282 g/mol. The highest BCUT2D eigenvalue weighted by atomic mass is 32.2. The molecule has 0 aliphatic heterocycles. The third-order valence-corrected chi connectivity index (χ3v) is 4.21. The molecule has 3 aromatic rings. The molecule has 0 aliphatic rings. The van der Waals surface area contributed by atoms with Gasteiger partial charge in [-0.2, -0.15) is 9.71 Å². The Kier molecular flexibility index (Phi) is 3.47. The Morgan fingerprint density at radius 1 is 1.32 bits per heavy atom. The van der Waals surface area contributed by atoms with Crippen LogP contribution < -0.4 is 4.73 Å². The molecule has 0 atom stereocenters. The van der Waals surface area contributed by atoms with E-state index in [1.54, 1.807) is 23.5 Å². The summed E-state index contributed by atoms with van der Waals surface area (Å²) in [6.07, 6.45) is 1.47. The fourth-order valence-corrected chi connectivity index (χ4v) is 2.88. The van der Waals surface area contributed by atoms with Crippen LogP contribution in [0.2, 0.25) is 0 Å². The number of hydrogen-bond donors (Lipinski definition) is 0. The van der Waals surface area contributed by atoms with Gasteiger partial charge in [0.25, 0.3) is 10.9 Å². The van der Waals surface area contributed by atoms with E-state index in [0.717, 1.165) is 9.61 Å². The van der Waals surface area contributed by atoms with E-state index in [4.69, 9.17) is 4.52 Å². The molecule has 3 rings (SSSR count). The first kappa shape index (κ1) is 12.2. The van der Waals surface area contributed by atoms with Crippen LogP contribution in [-0.2, 0) is 5.75 Å². The summed E-state index contributed by atoms with van der Waals surface area (Å²) < 4.78 is 6.00. The lowest BCUT2D eigenvalue weighted by molar-refractivity contribution is -0.645. The summed E-state index contributed by atoms with van der Waals surface area (Å²) in [5.74, 6) is 1.60. The smallest absolute Gasteiger partial charge is 0.268 e. The zero-order chi connectivity index (χ0) is 13.1. The van der Waals surface area contributed by atoms with Crippen molar-refractivity contribution in [2.24, 2.45) is 0 Å². The van der Waals surface area contributed by atoms with Crippen LogP contribution in [0.1, 0.15) is 5.82 Å². The van der Waals surface area contributed by atoms with Crippen LogP contribution >= 0.6 is 23.1 Å². The van der Waals surface area contributed by atoms with Crippen LogP contribution in [0.25, 0.3) is 10.8 Å². The lowest BCUT2D eigenvalue weighted by Gasteiger charge is -2.00. The van der Waals surface area contributed by atoms with E-state index >= 15 is 0 Å². The monoisotopic (exact) mass is 291 g/mol. The summed E-state index contributed by atoms with van der Waals surface area (Å²) in [5, 5.41) is 17.9. The van der Waals surface area contributed by atoms with Gasteiger partial charge in [-0.3, -0.25) is 0 Å². The normalized spacial score (nSPS) is 10.7. The Hall–Kier alpha value is -1.86. The van der Waals surface area contributed by atoms with Gasteiger partial charge < -0.3 is 9.73 Å². The molecule has 0 saturated heterocycles. The highest BCUT2D eigenvalue weighted by molar-refractivity contribution is 7.98. The van der Waals surface area contributed by atoms with Gasteiger partial charge in [0.2, 0.25) is 0 Å². The summed E-state index contributed by atoms with van der Waals surface area (Å²) in [6, 6.07) is 9.14. The van der Waals surface area contributed by atoms with E-state index in [-0.39, 0.29) is 0 Å². The van der Waals surface area contributed by atoms with Crippen molar-refractivity contribution >= 4 is 23.1 Å². The van der Waals surface area contributed by atoms with Crippen LogP contribution in [0, 0.1) is 5.21 Å². The number of aromatic nitrogens is 3. The molecule has 0 amide bonds. The van der Waals surface area contributed by atoms with Gasteiger partial charge in [-0.15, -0.1) is 11.3 Å². The summed E-state index contributed by atoms with van der Waals surface area (Å²) in [5.41, 5.74) is 0. The third kappa shape index (κ3) is 2.77. The molecule has 0 spiro atoms. The maximum Gasteiger partial charge on any atom is 0.268 e. The van der Waals surface area contributed by atoms with E-state index in [1.165, 1.54) is 18.0 Å². The van der Waals surface area contributed by atoms with E-state index in [9.17, 15) is 5.21 Å². The van der Waals surface area contributed by atoms with Crippen LogP contribution in [-0.4, -0.2) is 10.1 Å². The number of pyridine rings is 1. The summed E-state index contributed by atoms with van der Waals surface area (Å²) in [7, 11) is 0. The van der Waals surface area contributed by atoms with Crippen LogP contribution in [0.4, 0.5) is 0 Å².